The van der Waals surface area contributed by atoms with Crippen molar-refractivity contribution in [1.29, 1.82) is 0 Å². The number of halogens is 3. The van der Waals surface area contributed by atoms with Crippen LogP contribution in [0.5, 0.6) is 11.5 Å². The monoisotopic (exact) mass is 605 g/mol. The highest BCUT2D eigenvalue weighted by atomic mass is 19.4. The summed E-state index contributed by atoms with van der Waals surface area (Å²) in [6.45, 7) is 7.29. The number of alkyl halides is 3. The van der Waals surface area contributed by atoms with Gasteiger partial charge >= 0.3 is 18.2 Å². The number of carboxylic acid groups (broad SMARTS) is 1. The van der Waals surface area contributed by atoms with Crippen LogP contribution in [0, 0.1) is 11.8 Å². The van der Waals surface area contributed by atoms with E-state index in [0.29, 0.717) is 51.6 Å². The average molecular weight is 606 g/mol. The number of amides is 2. The number of carbonyl (C=O) groups excluding carboxylic acids is 2. The molecule has 0 aromatic heterocycles. The van der Waals surface area contributed by atoms with Crippen LogP contribution in [-0.4, -0.2) is 93.4 Å². The van der Waals surface area contributed by atoms with Gasteiger partial charge in [-0.05, 0) is 42.9 Å². The second kappa shape index (κ2) is 17.0. The van der Waals surface area contributed by atoms with Gasteiger partial charge in [-0.25, -0.2) is 9.59 Å². The van der Waals surface area contributed by atoms with E-state index in [4.69, 9.17) is 28.8 Å². The number of rotatable bonds is 13. The Labute approximate surface area is 244 Å². The molecule has 0 unspecified atom stereocenters. The molecule has 2 aliphatic rings. The molecule has 1 aliphatic carbocycles. The molecule has 0 radical (unpaired) electrons. The SMILES string of the molecule is COCCCOc1cc(CN(C(=O)[C@@H]2CNC[C@H](NC(=O)OCC(C)C)C2)C2CC2)cc(OC)c1.O=C(O)C(F)(F)F. The van der Waals surface area contributed by atoms with Crippen molar-refractivity contribution in [3.05, 3.63) is 23.8 Å². The number of carboxylic acids is 1. The van der Waals surface area contributed by atoms with Gasteiger partial charge in [0.2, 0.25) is 5.91 Å². The van der Waals surface area contributed by atoms with E-state index < -0.39 is 18.2 Å². The fourth-order valence-corrected chi connectivity index (χ4v) is 4.21. The van der Waals surface area contributed by atoms with E-state index >= 15 is 0 Å². The van der Waals surface area contributed by atoms with Crippen LogP contribution in [0.1, 0.15) is 45.1 Å². The Morgan fingerprint density at radius 3 is 2.33 bits per heavy atom. The van der Waals surface area contributed by atoms with E-state index in [0.717, 1.165) is 30.6 Å². The number of piperidine rings is 1. The summed E-state index contributed by atoms with van der Waals surface area (Å²) in [5, 5.41) is 13.3. The lowest BCUT2D eigenvalue weighted by atomic mass is 9.94. The molecule has 0 spiro atoms. The summed E-state index contributed by atoms with van der Waals surface area (Å²) in [6, 6.07) is 5.91. The van der Waals surface area contributed by atoms with Crippen LogP contribution in [0.3, 0.4) is 0 Å². The molecule has 1 aromatic rings. The summed E-state index contributed by atoms with van der Waals surface area (Å²) in [7, 11) is 3.30. The Morgan fingerprint density at radius 1 is 1.10 bits per heavy atom. The van der Waals surface area contributed by atoms with Crippen molar-refractivity contribution in [2.45, 2.75) is 64.3 Å². The Kier molecular flexibility index (Phi) is 14.1. The van der Waals surface area contributed by atoms with Gasteiger partial charge in [0, 0.05) is 57.9 Å². The van der Waals surface area contributed by atoms with Crippen molar-refractivity contribution >= 4 is 18.0 Å². The summed E-state index contributed by atoms with van der Waals surface area (Å²) in [4.78, 5) is 36.6. The summed E-state index contributed by atoms with van der Waals surface area (Å²) >= 11 is 0. The highest BCUT2D eigenvalue weighted by molar-refractivity contribution is 5.80. The van der Waals surface area contributed by atoms with Gasteiger partial charge in [-0.3, -0.25) is 4.79 Å². The molecule has 1 saturated carbocycles. The third-order valence-electron chi connectivity index (χ3n) is 6.37. The summed E-state index contributed by atoms with van der Waals surface area (Å²) in [5.74, 6) is -1.13. The van der Waals surface area contributed by atoms with Crippen LogP contribution in [0.2, 0.25) is 0 Å². The van der Waals surface area contributed by atoms with E-state index in [1.54, 1.807) is 14.2 Å². The third kappa shape index (κ3) is 12.7. The molecule has 3 N–H and O–H groups in total. The minimum absolute atomic E-state index is 0.118. The topological polar surface area (TPSA) is 136 Å². The number of aliphatic carboxylic acids is 1. The molecule has 42 heavy (non-hydrogen) atoms. The maximum atomic E-state index is 13.6. The van der Waals surface area contributed by atoms with Crippen molar-refractivity contribution < 1.29 is 51.6 Å². The zero-order chi connectivity index (χ0) is 31.3. The first-order valence-electron chi connectivity index (χ1n) is 13.9. The molecule has 3 rings (SSSR count). The van der Waals surface area contributed by atoms with E-state index in [-0.39, 0.29) is 29.8 Å². The second-order valence-corrected chi connectivity index (χ2v) is 10.6. The molecule has 1 heterocycles. The molecule has 11 nitrogen and oxygen atoms in total. The van der Waals surface area contributed by atoms with E-state index in [2.05, 4.69) is 10.6 Å². The molecular weight excluding hydrogens is 563 g/mol. The van der Waals surface area contributed by atoms with Crippen molar-refractivity contribution in [3.8, 4) is 11.5 Å². The minimum atomic E-state index is -5.08. The Balaban J connectivity index is 0.000000782. The number of ether oxygens (including phenoxy) is 4. The maximum Gasteiger partial charge on any atom is 0.490 e. The van der Waals surface area contributed by atoms with Crippen molar-refractivity contribution in [2.75, 3.05) is 47.1 Å². The average Bonchev–Trinajstić information content (AvgIpc) is 3.78. The molecule has 2 amide bonds. The van der Waals surface area contributed by atoms with Crippen LogP contribution in [0.25, 0.3) is 0 Å². The fraction of sp³-hybridized carbons (Fsp3) is 0.679. The smallest absolute Gasteiger partial charge is 0.490 e. The molecule has 2 fully saturated rings. The molecule has 1 saturated heterocycles. The van der Waals surface area contributed by atoms with Crippen LogP contribution in [0.4, 0.5) is 18.0 Å². The molecule has 1 aliphatic heterocycles. The molecule has 1 aromatic carbocycles. The molecule has 0 bridgehead atoms. The van der Waals surface area contributed by atoms with Crippen LogP contribution < -0.4 is 20.1 Å². The fourth-order valence-electron chi connectivity index (χ4n) is 4.21. The first kappa shape index (κ1) is 34.9. The lowest BCUT2D eigenvalue weighted by Crippen LogP contribution is -2.53. The highest BCUT2D eigenvalue weighted by Gasteiger charge is 2.39. The number of nitrogens with zero attached hydrogens (tertiary/aromatic N) is 1. The number of alkyl carbamates (subject to hydrolysis) is 1. The van der Waals surface area contributed by atoms with Crippen molar-refractivity contribution in [3.63, 3.8) is 0 Å². The number of methoxy groups -OCH3 is 2. The van der Waals surface area contributed by atoms with Gasteiger partial charge in [0.25, 0.3) is 0 Å². The zero-order valence-corrected chi connectivity index (χ0v) is 24.5. The van der Waals surface area contributed by atoms with Crippen LogP contribution in [-0.2, 0) is 25.6 Å². The number of hydrogen-bond acceptors (Lipinski definition) is 8. The van der Waals surface area contributed by atoms with E-state index in [9.17, 15) is 22.8 Å². The molecular formula is C28H42F3N3O8. The van der Waals surface area contributed by atoms with E-state index in [1.807, 2.05) is 36.9 Å². The van der Waals surface area contributed by atoms with Gasteiger partial charge in [0.05, 0.1) is 26.2 Å². The number of hydrogen-bond donors (Lipinski definition) is 3. The van der Waals surface area contributed by atoms with Crippen molar-refractivity contribution in [2.24, 2.45) is 11.8 Å². The van der Waals surface area contributed by atoms with E-state index in [1.165, 1.54) is 0 Å². The number of carbonyl (C=O) groups is 3. The maximum absolute atomic E-state index is 13.6. The number of nitrogens with one attached hydrogen (secondary N) is 2. The van der Waals surface area contributed by atoms with Crippen LogP contribution in [0.15, 0.2) is 18.2 Å². The van der Waals surface area contributed by atoms with Gasteiger partial charge in [0.1, 0.15) is 11.5 Å². The first-order valence-corrected chi connectivity index (χ1v) is 13.9. The first-order chi connectivity index (χ1) is 19.8. The Hall–Kier alpha value is -3.26. The Morgan fingerprint density at radius 2 is 1.76 bits per heavy atom. The largest absolute Gasteiger partial charge is 0.497 e. The quantitative estimate of drug-likeness (QED) is 0.288. The normalized spacial score (nSPS) is 18.4. The van der Waals surface area contributed by atoms with Crippen LogP contribution >= 0.6 is 0 Å². The predicted octanol–water partition coefficient (Wildman–Crippen LogP) is 3.60. The zero-order valence-electron chi connectivity index (χ0n) is 24.5. The predicted molar refractivity (Wildman–Crippen MR) is 146 cm³/mol. The lowest BCUT2D eigenvalue weighted by Gasteiger charge is -2.33. The Bertz CT molecular complexity index is 1020. The van der Waals surface area contributed by atoms with Gasteiger partial charge in [0.15, 0.2) is 0 Å². The van der Waals surface area contributed by atoms with Gasteiger partial charge in [-0.15, -0.1) is 0 Å². The van der Waals surface area contributed by atoms with Gasteiger partial charge in [-0.2, -0.15) is 13.2 Å². The standard InChI is InChI=1S/C26H41N3O6.C2HF3O2/c1-18(2)17-35-26(31)28-21-12-20(14-27-15-21)25(30)29(22-6-7-22)16-19-10-23(33-4)13-24(11-19)34-9-5-8-32-3;3-2(4,5)1(6)7/h10-11,13,18,20-22,27H,5-9,12,14-17H2,1-4H3,(H,28,31);(H,6,7)/t20-,21+;/m0./s1. The molecule has 14 heteroatoms. The van der Waals surface area contributed by atoms with Crippen molar-refractivity contribution in [1.82, 2.24) is 15.5 Å². The summed E-state index contributed by atoms with van der Waals surface area (Å²) < 4.78 is 53.4. The second-order valence-electron chi connectivity index (χ2n) is 10.6. The number of benzene rings is 1. The van der Waals surface area contributed by atoms with Gasteiger partial charge in [-0.1, -0.05) is 13.8 Å². The molecule has 2 atom stereocenters. The summed E-state index contributed by atoms with van der Waals surface area (Å²) in [5.41, 5.74) is 0.974. The molecule has 238 valence electrons. The summed E-state index contributed by atoms with van der Waals surface area (Å²) in [6.07, 6.45) is -2.09. The lowest BCUT2D eigenvalue weighted by molar-refractivity contribution is -0.192. The van der Waals surface area contributed by atoms with Gasteiger partial charge < -0.3 is 39.6 Å². The minimum Gasteiger partial charge on any atom is -0.497 e. The highest BCUT2D eigenvalue weighted by Crippen LogP contribution is 2.32. The third-order valence-corrected chi connectivity index (χ3v) is 6.37.